The molecule has 2 aromatic rings. The van der Waals surface area contributed by atoms with E-state index in [4.69, 9.17) is 28.9 Å². The van der Waals surface area contributed by atoms with E-state index in [1.54, 1.807) is 12.3 Å². The third kappa shape index (κ3) is 3.03. The molecule has 1 unspecified atom stereocenters. The Labute approximate surface area is 114 Å². The Morgan fingerprint density at radius 1 is 1.41 bits per heavy atom. The van der Waals surface area contributed by atoms with E-state index in [1.807, 2.05) is 19.1 Å². The van der Waals surface area contributed by atoms with Crippen LogP contribution in [0.15, 0.2) is 24.4 Å². The molecule has 0 radical (unpaired) electrons. The highest BCUT2D eigenvalue weighted by molar-refractivity contribution is 7.19. The van der Waals surface area contributed by atoms with Gasteiger partial charge in [0.05, 0.1) is 12.2 Å². The van der Waals surface area contributed by atoms with Gasteiger partial charge in [0.25, 0.3) is 0 Å². The van der Waals surface area contributed by atoms with Gasteiger partial charge in [0.2, 0.25) is 0 Å². The molecule has 0 fully saturated rings. The van der Waals surface area contributed by atoms with Crippen LogP contribution in [-0.2, 0) is 0 Å². The first-order valence-electron chi connectivity index (χ1n) is 4.99. The van der Waals surface area contributed by atoms with Crippen molar-refractivity contribution in [2.24, 2.45) is 0 Å². The zero-order valence-corrected chi connectivity index (χ0v) is 11.4. The summed E-state index contributed by atoms with van der Waals surface area (Å²) in [6.45, 7) is 2.01. The lowest BCUT2D eigenvalue weighted by molar-refractivity contribution is 0.882. The molecular formula is C11H11Cl2N3S. The highest BCUT2D eigenvalue weighted by Gasteiger charge is 2.11. The van der Waals surface area contributed by atoms with E-state index >= 15 is 0 Å². The first-order valence-corrected chi connectivity index (χ1v) is 6.56. The van der Waals surface area contributed by atoms with Gasteiger partial charge in [-0.05, 0) is 24.6 Å². The van der Waals surface area contributed by atoms with Crippen LogP contribution in [0.5, 0.6) is 0 Å². The number of nitrogens with two attached hydrogens (primary N) is 1. The molecule has 1 aromatic carbocycles. The van der Waals surface area contributed by atoms with Gasteiger partial charge < -0.3 is 11.1 Å². The summed E-state index contributed by atoms with van der Waals surface area (Å²) < 4.78 is 0. The fourth-order valence-corrected chi connectivity index (χ4v) is 2.71. The molecule has 2 rings (SSSR count). The number of nitrogens with one attached hydrogen (secondary N) is 1. The number of thiazole rings is 1. The van der Waals surface area contributed by atoms with Crippen LogP contribution in [0.3, 0.4) is 0 Å². The van der Waals surface area contributed by atoms with Crippen molar-refractivity contribution in [3.05, 3.63) is 40.0 Å². The molecule has 0 saturated heterocycles. The third-order valence-electron chi connectivity index (χ3n) is 2.29. The van der Waals surface area contributed by atoms with Crippen molar-refractivity contribution in [3.8, 4) is 0 Å². The summed E-state index contributed by atoms with van der Waals surface area (Å²) in [5.41, 5.74) is 6.59. The van der Waals surface area contributed by atoms with Gasteiger partial charge in [-0.3, -0.25) is 0 Å². The molecule has 0 aliphatic rings. The molecule has 1 heterocycles. The SMILES string of the molecule is CC(Nc1ncc(N)s1)c1ccc(Cl)cc1Cl. The maximum Gasteiger partial charge on any atom is 0.185 e. The molecule has 3 nitrogen and oxygen atoms in total. The average Bonchev–Trinajstić information content (AvgIpc) is 2.63. The second-order valence-electron chi connectivity index (χ2n) is 3.60. The van der Waals surface area contributed by atoms with Gasteiger partial charge >= 0.3 is 0 Å². The predicted octanol–water partition coefficient (Wildman–Crippen LogP) is 4.21. The van der Waals surface area contributed by atoms with Gasteiger partial charge in [0, 0.05) is 10.0 Å². The third-order valence-corrected chi connectivity index (χ3v) is 3.61. The van der Waals surface area contributed by atoms with Gasteiger partial charge in [-0.1, -0.05) is 40.6 Å². The molecule has 0 aliphatic carbocycles. The summed E-state index contributed by atoms with van der Waals surface area (Å²) in [6.07, 6.45) is 1.63. The van der Waals surface area contributed by atoms with E-state index in [-0.39, 0.29) is 6.04 Å². The summed E-state index contributed by atoms with van der Waals surface area (Å²) in [6, 6.07) is 5.49. The maximum absolute atomic E-state index is 6.13. The van der Waals surface area contributed by atoms with E-state index in [2.05, 4.69) is 10.3 Å². The minimum Gasteiger partial charge on any atom is -0.389 e. The minimum atomic E-state index is 0.0466. The van der Waals surface area contributed by atoms with Crippen molar-refractivity contribution in [2.45, 2.75) is 13.0 Å². The Morgan fingerprint density at radius 3 is 2.76 bits per heavy atom. The van der Waals surface area contributed by atoms with Crippen molar-refractivity contribution < 1.29 is 0 Å². The number of hydrogen-bond acceptors (Lipinski definition) is 4. The summed E-state index contributed by atoms with van der Waals surface area (Å²) in [5.74, 6) is 0. The second kappa shape index (κ2) is 5.12. The number of hydrogen-bond donors (Lipinski definition) is 2. The molecule has 6 heteroatoms. The van der Waals surface area contributed by atoms with Gasteiger partial charge in [0.15, 0.2) is 5.13 Å². The molecule has 0 amide bonds. The van der Waals surface area contributed by atoms with Crippen LogP contribution in [0.25, 0.3) is 0 Å². The quantitative estimate of drug-likeness (QED) is 0.889. The van der Waals surface area contributed by atoms with Gasteiger partial charge in [-0.25, -0.2) is 4.98 Å². The van der Waals surface area contributed by atoms with Crippen molar-refractivity contribution in [2.75, 3.05) is 11.1 Å². The zero-order chi connectivity index (χ0) is 12.4. The minimum absolute atomic E-state index is 0.0466. The number of rotatable bonds is 3. The Hall–Kier alpha value is -0.970. The van der Waals surface area contributed by atoms with Gasteiger partial charge in [-0.15, -0.1) is 0 Å². The number of anilines is 2. The van der Waals surface area contributed by atoms with Crippen LogP contribution in [-0.4, -0.2) is 4.98 Å². The van der Waals surface area contributed by atoms with Crippen molar-refractivity contribution >= 4 is 44.7 Å². The molecule has 1 aromatic heterocycles. The van der Waals surface area contributed by atoms with E-state index < -0.39 is 0 Å². The van der Waals surface area contributed by atoms with Crippen LogP contribution in [0.2, 0.25) is 10.0 Å². The lowest BCUT2D eigenvalue weighted by Gasteiger charge is -2.14. The number of halogens is 2. The fourth-order valence-electron chi connectivity index (χ4n) is 1.47. The van der Waals surface area contributed by atoms with Crippen LogP contribution >= 0.6 is 34.5 Å². The highest BCUT2D eigenvalue weighted by atomic mass is 35.5. The lowest BCUT2D eigenvalue weighted by atomic mass is 10.1. The second-order valence-corrected chi connectivity index (χ2v) is 5.51. The van der Waals surface area contributed by atoms with Crippen molar-refractivity contribution in [1.82, 2.24) is 4.98 Å². The van der Waals surface area contributed by atoms with Crippen molar-refractivity contribution in [1.29, 1.82) is 0 Å². The van der Waals surface area contributed by atoms with Crippen molar-refractivity contribution in [3.63, 3.8) is 0 Å². The molecule has 0 spiro atoms. The standard InChI is InChI=1S/C11H11Cl2N3S/c1-6(16-11-15-5-10(14)17-11)8-3-2-7(12)4-9(8)13/h2-6H,14H2,1H3,(H,15,16). The van der Waals surface area contributed by atoms with Crippen LogP contribution in [0.1, 0.15) is 18.5 Å². The van der Waals surface area contributed by atoms with E-state index in [1.165, 1.54) is 11.3 Å². The lowest BCUT2D eigenvalue weighted by Crippen LogP contribution is -2.06. The summed E-state index contributed by atoms with van der Waals surface area (Å²) in [7, 11) is 0. The van der Waals surface area contributed by atoms with Crippen LogP contribution < -0.4 is 11.1 Å². The molecule has 17 heavy (non-hydrogen) atoms. The van der Waals surface area contributed by atoms with E-state index in [9.17, 15) is 0 Å². The molecule has 0 saturated carbocycles. The summed E-state index contributed by atoms with van der Waals surface area (Å²) in [4.78, 5) is 4.14. The summed E-state index contributed by atoms with van der Waals surface area (Å²) >= 11 is 13.4. The normalized spacial score (nSPS) is 12.4. The van der Waals surface area contributed by atoms with E-state index in [0.717, 1.165) is 10.7 Å². The Morgan fingerprint density at radius 2 is 2.18 bits per heavy atom. The number of benzene rings is 1. The fraction of sp³-hybridized carbons (Fsp3) is 0.182. The van der Waals surface area contributed by atoms with Gasteiger partial charge in [0.1, 0.15) is 5.00 Å². The molecule has 0 aliphatic heterocycles. The monoisotopic (exact) mass is 287 g/mol. The molecule has 0 bridgehead atoms. The van der Waals surface area contributed by atoms with E-state index in [0.29, 0.717) is 15.0 Å². The number of nitrogen functional groups attached to an aromatic ring is 1. The zero-order valence-electron chi connectivity index (χ0n) is 9.08. The Bertz CT molecular complexity index is 527. The highest BCUT2D eigenvalue weighted by Crippen LogP contribution is 2.30. The predicted molar refractivity (Wildman–Crippen MR) is 75.0 cm³/mol. The van der Waals surface area contributed by atoms with Gasteiger partial charge in [-0.2, -0.15) is 0 Å². The Balaban J connectivity index is 2.17. The smallest absolute Gasteiger partial charge is 0.185 e. The van der Waals surface area contributed by atoms with Crippen LogP contribution in [0, 0.1) is 0 Å². The maximum atomic E-state index is 6.13. The molecule has 3 N–H and O–H groups in total. The first kappa shape index (κ1) is 12.5. The number of nitrogens with zero attached hydrogens (tertiary/aromatic N) is 1. The molecular weight excluding hydrogens is 277 g/mol. The summed E-state index contributed by atoms with van der Waals surface area (Å²) in [5, 5.41) is 5.97. The number of aromatic nitrogens is 1. The largest absolute Gasteiger partial charge is 0.389 e. The molecule has 1 atom stereocenters. The average molecular weight is 288 g/mol. The Kier molecular flexibility index (Phi) is 3.76. The first-order chi connectivity index (χ1) is 8.06. The topological polar surface area (TPSA) is 50.9 Å². The van der Waals surface area contributed by atoms with Crippen LogP contribution in [0.4, 0.5) is 10.1 Å². The molecule has 90 valence electrons.